The third-order valence-corrected chi connectivity index (χ3v) is 4.00. The molecule has 0 fully saturated rings. The van der Waals surface area contributed by atoms with Crippen LogP contribution in [0, 0.1) is 13.8 Å². The monoisotopic (exact) mass is 370 g/mol. The van der Waals surface area contributed by atoms with Crippen LogP contribution in [0.25, 0.3) is 6.08 Å². The topological polar surface area (TPSA) is 59.6 Å². The number of rotatable bonds is 5. The number of ether oxygens (including phenoxy) is 2. The summed E-state index contributed by atoms with van der Waals surface area (Å²) in [4.78, 5) is 12.1. The predicted octanol–water partition coefficient (Wildman–Crippen LogP) is 3.85. The second kappa shape index (κ2) is 9.01. The van der Waals surface area contributed by atoms with Gasteiger partial charge in [-0.05, 0) is 61.0 Å². The van der Waals surface area contributed by atoms with Gasteiger partial charge >= 0.3 is 0 Å². The van der Waals surface area contributed by atoms with Crippen molar-refractivity contribution in [3.8, 4) is 11.5 Å². The third kappa shape index (κ3) is 5.07. The number of carbonyl (C=O) groups excluding carboxylic acids is 1. The van der Waals surface area contributed by atoms with Crippen LogP contribution in [0.2, 0.25) is 0 Å². The van der Waals surface area contributed by atoms with Crippen LogP contribution in [-0.2, 0) is 4.79 Å². The van der Waals surface area contributed by atoms with Crippen LogP contribution < -0.4 is 20.1 Å². The molecule has 0 saturated heterocycles. The van der Waals surface area contributed by atoms with E-state index in [2.05, 4.69) is 10.6 Å². The molecule has 0 unspecified atom stereocenters. The molecule has 0 heterocycles. The van der Waals surface area contributed by atoms with Gasteiger partial charge in [0.2, 0.25) is 5.91 Å². The first-order chi connectivity index (χ1) is 12.4. The summed E-state index contributed by atoms with van der Waals surface area (Å²) in [6.07, 6.45) is 3.10. The predicted molar refractivity (Wildman–Crippen MR) is 109 cm³/mol. The minimum absolute atomic E-state index is 0.254. The highest BCUT2D eigenvalue weighted by Gasteiger charge is 2.07. The first-order valence-electron chi connectivity index (χ1n) is 8.03. The van der Waals surface area contributed by atoms with Gasteiger partial charge in [-0.25, -0.2) is 0 Å². The Bertz CT molecular complexity index is 827. The molecule has 0 aliphatic heterocycles. The van der Waals surface area contributed by atoms with Gasteiger partial charge in [-0.1, -0.05) is 24.3 Å². The van der Waals surface area contributed by atoms with Gasteiger partial charge in [0.25, 0.3) is 0 Å². The second-order valence-electron chi connectivity index (χ2n) is 5.66. The largest absolute Gasteiger partial charge is 0.493 e. The van der Waals surface area contributed by atoms with E-state index in [1.54, 1.807) is 32.4 Å². The van der Waals surface area contributed by atoms with E-state index in [9.17, 15) is 4.79 Å². The lowest BCUT2D eigenvalue weighted by molar-refractivity contribution is -0.115. The van der Waals surface area contributed by atoms with Crippen LogP contribution in [0.3, 0.4) is 0 Å². The lowest BCUT2D eigenvalue weighted by atomic mass is 10.1. The molecule has 26 heavy (non-hydrogen) atoms. The summed E-state index contributed by atoms with van der Waals surface area (Å²) >= 11 is 5.22. The molecule has 0 atom stereocenters. The smallest absolute Gasteiger partial charge is 0.250 e. The molecule has 2 rings (SSSR count). The summed E-state index contributed by atoms with van der Waals surface area (Å²) < 4.78 is 10.4. The highest BCUT2D eigenvalue weighted by molar-refractivity contribution is 7.80. The van der Waals surface area contributed by atoms with E-state index in [-0.39, 0.29) is 11.0 Å². The first kappa shape index (κ1) is 19.5. The number of hydrogen-bond donors (Lipinski definition) is 2. The van der Waals surface area contributed by atoms with Gasteiger partial charge in [0, 0.05) is 11.8 Å². The van der Waals surface area contributed by atoms with Gasteiger partial charge in [-0.2, -0.15) is 0 Å². The number of carbonyl (C=O) groups is 1. The number of nitrogens with one attached hydrogen (secondary N) is 2. The standard InChI is InChI=1S/C20H22N2O3S/c1-13-6-5-7-14(2)19(13)22-20(26)21-18(23)11-9-15-8-10-16(24-3)17(12-15)25-4/h5-12H,1-4H3,(H2,21,22,23,26). The Kier molecular flexibility index (Phi) is 6.74. The minimum atomic E-state index is -0.316. The molecule has 0 bridgehead atoms. The molecular formula is C20H22N2O3S. The van der Waals surface area contributed by atoms with Gasteiger partial charge in [-0.3, -0.25) is 10.1 Å². The van der Waals surface area contributed by atoms with Crippen molar-refractivity contribution < 1.29 is 14.3 Å². The average Bonchev–Trinajstić information content (AvgIpc) is 2.62. The Hall–Kier alpha value is -2.86. The quantitative estimate of drug-likeness (QED) is 0.618. The summed E-state index contributed by atoms with van der Waals surface area (Å²) in [5, 5.41) is 5.97. The molecule has 0 saturated carbocycles. The van der Waals surface area contributed by atoms with Crippen molar-refractivity contribution in [3.63, 3.8) is 0 Å². The van der Waals surface area contributed by atoms with Crippen molar-refractivity contribution in [2.24, 2.45) is 0 Å². The summed E-state index contributed by atoms with van der Waals surface area (Å²) in [5.74, 6) is 0.916. The number of hydrogen-bond acceptors (Lipinski definition) is 4. The number of thiocarbonyl (C=S) groups is 1. The molecule has 136 valence electrons. The Balaban J connectivity index is 2.00. The van der Waals surface area contributed by atoms with E-state index in [0.717, 1.165) is 22.4 Å². The Morgan fingerprint density at radius 2 is 1.69 bits per heavy atom. The Morgan fingerprint density at radius 1 is 1.04 bits per heavy atom. The van der Waals surface area contributed by atoms with Crippen LogP contribution in [0.1, 0.15) is 16.7 Å². The maximum atomic E-state index is 12.1. The summed E-state index contributed by atoms with van der Waals surface area (Å²) in [7, 11) is 3.14. The van der Waals surface area contributed by atoms with Crippen molar-refractivity contribution in [3.05, 3.63) is 59.2 Å². The fraction of sp³-hybridized carbons (Fsp3) is 0.200. The van der Waals surface area contributed by atoms with Crippen LogP contribution in [0.15, 0.2) is 42.5 Å². The first-order valence-corrected chi connectivity index (χ1v) is 8.43. The lowest BCUT2D eigenvalue weighted by Crippen LogP contribution is -2.33. The Morgan fingerprint density at radius 3 is 2.31 bits per heavy atom. The molecule has 2 aromatic rings. The summed E-state index contributed by atoms with van der Waals surface area (Å²) in [6, 6.07) is 11.3. The molecule has 0 aliphatic carbocycles. The molecular weight excluding hydrogens is 348 g/mol. The maximum Gasteiger partial charge on any atom is 0.250 e. The number of aryl methyl sites for hydroxylation is 2. The molecule has 0 aromatic heterocycles. The van der Waals surface area contributed by atoms with E-state index in [4.69, 9.17) is 21.7 Å². The zero-order chi connectivity index (χ0) is 19.1. The summed E-state index contributed by atoms with van der Waals surface area (Å²) in [5.41, 5.74) is 3.83. The molecule has 2 N–H and O–H groups in total. The van der Waals surface area contributed by atoms with Crippen molar-refractivity contribution in [2.45, 2.75) is 13.8 Å². The number of methoxy groups -OCH3 is 2. The van der Waals surface area contributed by atoms with Crippen LogP contribution in [0.4, 0.5) is 5.69 Å². The normalized spacial score (nSPS) is 10.5. The zero-order valence-electron chi connectivity index (χ0n) is 15.3. The molecule has 2 aromatic carbocycles. The maximum absolute atomic E-state index is 12.1. The SMILES string of the molecule is COc1ccc(C=CC(=O)NC(=S)Nc2c(C)cccc2C)cc1OC. The number of anilines is 1. The van der Waals surface area contributed by atoms with E-state index < -0.39 is 0 Å². The highest BCUT2D eigenvalue weighted by Crippen LogP contribution is 2.27. The van der Waals surface area contributed by atoms with Gasteiger partial charge in [0.05, 0.1) is 14.2 Å². The fourth-order valence-electron chi connectivity index (χ4n) is 2.44. The van der Waals surface area contributed by atoms with Gasteiger partial charge < -0.3 is 14.8 Å². The number of para-hydroxylation sites is 1. The second-order valence-corrected chi connectivity index (χ2v) is 6.07. The van der Waals surface area contributed by atoms with Crippen LogP contribution in [0.5, 0.6) is 11.5 Å². The van der Waals surface area contributed by atoms with Gasteiger partial charge in [0.15, 0.2) is 16.6 Å². The van der Waals surface area contributed by atoms with E-state index in [1.807, 2.05) is 38.1 Å². The number of amides is 1. The van der Waals surface area contributed by atoms with Crippen LogP contribution in [-0.4, -0.2) is 25.2 Å². The minimum Gasteiger partial charge on any atom is -0.493 e. The zero-order valence-corrected chi connectivity index (χ0v) is 16.1. The highest BCUT2D eigenvalue weighted by atomic mass is 32.1. The van der Waals surface area contributed by atoms with Crippen LogP contribution >= 0.6 is 12.2 Å². The van der Waals surface area contributed by atoms with Crippen molar-refractivity contribution in [1.29, 1.82) is 0 Å². The molecule has 0 spiro atoms. The summed E-state index contributed by atoms with van der Waals surface area (Å²) in [6.45, 7) is 3.97. The number of benzene rings is 2. The molecule has 6 heteroatoms. The molecule has 0 radical (unpaired) electrons. The fourth-order valence-corrected chi connectivity index (χ4v) is 2.64. The van der Waals surface area contributed by atoms with Gasteiger partial charge in [0.1, 0.15) is 0 Å². The average molecular weight is 370 g/mol. The van der Waals surface area contributed by atoms with Gasteiger partial charge in [-0.15, -0.1) is 0 Å². The molecule has 0 aliphatic rings. The Labute approximate surface area is 159 Å². The van der Waals surface area contributed by atoms with E-state index >= 15 is 0 Å². The molecule has 1 amide bonds. The van der Waals surface area contributed by atoms with Crippen molar-refractivity contribution in [2.75, 3.05) is 19.5 Å². The lowest BCUT2D eigenvalue weighted by Gasteiger charge is -2.13. The van der Waals surface area contributed by atoms with Crippen molar-refractivity contribution >= 4 is 35.0 Å². The van der Waals surface area contributed by atoms with E-state index in [1.165, 1.54) is 6.08 Å². The molecule has 5 nitrogen and oxygen atoms in total. The third-order valence-electron chi connectivity index (χ3n) is 3.79. The van der Waals surface area contributed by atoms with Crippen molar-refractivity contribution in [1.82, 2.24) is 5.32 Å². The van der Waals surface area contributed by atoms with E-state index in [0.29, 0.717) is 11.5 Å².